The van der Waals surface area contributed by atoms with Crippen molar-refractivity contribution < 1.29 is 14.4 Å². The molecule has 38 heavy (non-hydrogen) atoms. The molecule has 2 aliphatic carbocycles. The minimum absolute atomic E-state index is 0.249. The largest absolute Gasteiger partial charge is 0.381 e. The Morgan fingerprint density at radius 1 is 1.03 bits per heavy atom. The van der Waals surface area contributed by atoms with Crippen molar-refractivity contribution in [1.82, 2.24) is 10.2 Å². The summed E-state index contributed by atoms with van der Waals surface area (Å²) in [5, 5.41) is 7.41. The first-order chi connectivity index (χ1) is 18.3. The number of likely N-dealkylation sites (N-methyl/N-ethyl adjacent to an activating group) is 1. The molecule has 2 fully saturated rings. The molecule has 0 radical (unpaired) electrons. The van der Waals surface area contributed by atoms with Crippen LogP contribution in [0.4, 0.5) is 5.69 Å². The number of nitrogens with zero attached hydrogens (tertiary/aromatic N) is 1. The highest BCUT2D eigenvalue weighted by Crippen LogP contribution is 2.50. The van der Waals surface area contributed by atoms with E-state index in [2.05, 4.69) is 48.7 Å². The zero-order valence-corrected chi connectivity index (χ0v) is 23.1. The van der Waals surface area contributed by atoms with Gasteiger partial charge in [0.15, 0.2) is 0 Å². The molecule has 2 aromatic rings. The smallest absolute Gasteiger partial charge is 0.150 e. The molecule has 5 unspecified atom stereocenters. The second-order valence-electron chi connectivity index (χ2n) is 11.9. The Labute approximate surface area is 227 Å². The lowest BCUT2D eigenvalue weighted by Gasteiger charge is -2.34. The zero-order chi connectivity index (χ0) is 27.1. The Morgan fingerprint density at radius 3 is 2.45 bits per heavy atom. The molecular formula is C32H43N3O3. The van der Waals surface area contributed by atoms with Crippen molar-refractivity contribution in [2.24, 2.45) is 17.8 Å². The van der Waals surface area contributed by atoms with Gasteiger partial charge in [-0.2, -0.15) is 0 Å². The molecule has 2 aliphatic rings. The van der Waals surface area contributed by atoms with Gasteiger partial charge in [-0.1, -0.05) is 43.3 Å². The number of carbonyl (C=O) groups excluding carboxylic acids is 3. The fourth-order valence-corrected chi connectivity index (χ4v) is 6.75. The van der Waals surface area contributed by atoms with Crippen molar-refractivity contribution in [3.05, 3.63) is 64.7 Å². The maximum Gasteiger partial charge on any atom is 0.150 e. The quantitative estimate of drug-likeness (QED) is 0.327. The third-order valence-corrected chi connectivity index (χ3v) is 8.91. The Morgan fingerprint density at radius 2 is 1.76 bits per heavy atom. The number of hydrogen-bond donors (Lipinski definition) is 2. The van der Waals surface area contributed by atoms with Crippen molar-refractivity contribution in [1.29, 1.82) is 0 Å². The van der Waals surface area contributed by atoms with Gasteiger partial charge in [-0.15, -0.1) is 0 Å². The molecule has 0 heterocycles. The van der Waals surface area contributed by atoms with E-state index in [0.717, 1.165) is 60.0 Å². The normalized spacial score (nSPS) is 25.2. The number of nitrogens with one attached hydrogen (secondary N) is 2. The lowest BCUT2D eigenvalue weighted by Crippen LogP contribution is -2.45. The molecule has 204 valence electrons. The van der Waals surface area contributed by atoms with Crippen LogP contribution in [0.25, 0.3) is 0 Å². The van der Waals surface area contributed by atoms with Crippen molar-refractivity contribution in [2.45, 2.75) is 83.6 Å². The maximum atomic E-state index is 11.8. The highest BCUT2D eigenvalue weighted by atomic mass is 16.1. The van der Waals surface area contributed by atoms with Crippen LogP contribution in [0.2, 0.25) is 0 Å². The summed E-state index contributed by atoms with van der Waals surface area (Å²) >= 11 is 0. The van der Waals surface area contributed by atoms with E-state index in [0.29, 0.717) is 31.5 Å². The molecule has 6 nitrogen and oxygen atoms in total. The second kappa shape index (κ2) is 12.8. The van der Waals surface area contributed by atoms with Gasteiger partial charge in [-0.3, -0.25) is 9.69 Å². The first kappa shape index (κ1) is 28.2. The van der Waals surface area contributed by atoms with Crippen LogP contribution in [0.5, 0.6) is 0 Å². The van der Waals surface area contributed by atoms with Gasteiger partial charge >= 0.3 is 0 Å². The number of aldehydes is 3. The summed E-state index contributed by atoms with van der Waals surface area (Å²) in [6.07, 6.45) is 8.78. The zero-order valence-electron chi connectivity index (χ0n) is 23.1. The second-order valence-corrected chi connectivity index (χ2v) is 11.9. The predicted octanol–water partition coefficient (Wildman–Crippen LogP) is 5.39. The van der Waals surface area contributed by atoms with Gasteiger partial charge in [0.25, 0.3) is 0 Å². The van der Waals surface area contributed by atoms with Crippen molar-refractivity contribution >= 4 is 24.5 Å². The Kier molecular flexibility index (Phi) is 9.50. The van der Waals surface area contributed by atoms with Crippen molar-refractivity contribution in [3.8, 4) is 0 Å². The molecule has 0 saturated heterocycles. The average molecular weight is 518 g/mol. The van der Waals surface area contributed by atoms with Crippen LogP contribution in [-0.2, 0) is 29.2 Å². The Hall–Kier alpha value is -2.83. The number of fused-ring (bicyclic) bond motifs is 2. The SMILES string of the molecule is CC1CC2CC(C1)C(C)(NCc1ccc(CNc3cccc(C=O)c3CN(C)C(C=O)CCC=O)cc1)C2. The minimum Gasteiger partial charge on any atom is -0.381 e. The van der Waals surface area contributed by atoms with E-state index < -0.39 is 0 Å². The van der Waals surface area contributed by atoms with E-state index in [9.17, 15) is 14.4 Å². The van der Waals surface area contributed by atoms with E-state index >= 15 is 0 Å². The maximum absolute atomic E-state index is 11.8. The standard InChI is InChI=1S/C32H43N3O3/c1-23-14-26-16-28(15-23)32(2,17-26)34-19-25-11-9-24(10-12-25)18-33-31-8-4-6-27(21-37)30(31)20-35(3)29(22-38)7-5-13-36/h4,6,8-13,21-23,26,28-29,33-34H,5,7,14-20H2,1-3H3. The van der Waals surface area contributed by atoms with Crippen LogP contribution < -0.4 is 10.6 Å². The minimum atomic E-state index is -0.372. The van der Waals surface area contributed by atoms with Gasteiger partial charge in [0, 0.05) is 42.8 Å². The van der Waals surface area contributed by atoms with Gasteiger partial charge in [-0.05, 0) is 86.6 Å². The van der Waals surface area contributed by atoms with E-state index in [1.807, 2.05) is 24.1 Å². The highest BCUT2D eigenvalue weighted by Gasteiger charge is 2.46. The molecule has 6 heteroatoms. The van der Waals surface area contributed by atoms with Crippen LogP contribution in [0.3, 0.4) is 0 Å². The van der Waals surface area contributed by atoms with E-state index in [-0.39, 0.29) is 11.6 Å². The Bertz CT molecular complexity index is 1100. The van der Waals surface area contributed by atoms with Crippen LogP contribution in [0.15, 0.2) is 42.5 Å². The predicted molar refractivity (Wildman–Crippen MR) is 152 cm³/mol. The Balaban J connectivity index is 1.36. The topological polar surface area (TPSA) is 78.5 Å². The molecule has 2 saturated carbocycles. The number of hydrogen-bond acceptors (Lipinski definition) is 6. The summed E-state index contributed by atoms with van der Waals surface area (Å²) in [5.41, 5.74) is 5.04. The first-order valence-corrected chi connectivity index (χ1v) is 14.1. The van der Waals surface area contributed by atoms with Gasteiger partial charge in [0.05, 0.1) is 6.04 Å². The lowest BCUT2D eigenvalue weighted by atomic mass is 9.79. The van der Waals surface area contributed by atoms with E-state index in [1.165, 1.54) is 31.2 Å². The number of rotatable bonds is 14. The lowest BCUT2D eigenvalue weighted by molar-refractivity contribution is -0.113. The molecule has 5 atom stereocenters. The molecule has 4 rings (SSSR count). The van der Waals surface area contributed by atoms with Gasteiger partial charge < -0.3 is 20.2 Å². The summed E-state index contributed by atoms with van der Waals surface area (Å²) in [4.78, 5) is 36.0. The number of anilines is 1. The number of carbonyl (C=O) groups is 3. The molecule has 0 amide bonds. The van der Waals surface area contributed by atoms with Crippen molar-refractivity contribution in [2.75, 3.05) is 12.4 Å². The fraction of sp³-hybridized carbons (Fsp3) is 0.531. The van der Waals surface area contributed by atoms with Crippen molar-refractivity contribution in [3.63, 3.8) is 0 Å². The third kappa shape index (κ3) is 6.78. The molecule has 2 bridgehead atoms. The molecule has 0 aromatic heterocycles. The van der Waals surface area contributed by atoms with Crippen LogP contribution >= 0.6 is 0 Å². The molecular weight excluding hydrogens is 474 g/mol. The number of benzene rings is 2. The van der Waals surface area contributed by atoms with Crippen LogP contribution in [0.1, 0.15) is 79.4 Å². The van der Waals surface area contributed by atoms with Crippen LogP contribution in [-0.4, -0.2) is 42.4 Å². The monoisotopic (exact) mass is 517 g/mol. The van der Waals surface area contributed by atoms with E-state index in [1.54, 1.807) is 6.07 Å². The average Bonchev–Trinajstić information content (AvgIpc) is 3.15. The van der Waals surface area contributed by atoms with Gasteiger partial charge in [-0.25, -0.2) is 0 Å². The summed E-state index contributed by atoms with van der Waals surface area (Å²) in [6.45, 7) is 6.79. The summed E-state index contributed by atoms with van der Waals surface area (Å²) in [7, 11) is 1.85. The summed E-state index contributed by atoms with van der Waals surface area (Å²) in [5.74, 6) is 2.54. The van der Waals surface area contributed by atoms with Crippen LogP contribution in [0, 0.1) is 17.8 Å². The van der Waals surface area contributed by atoms with Gasteiger partial charge in [0.2, 0.25) is 0 Å². The third-order valence-electron chi connectivity index (χ3n) is 8.91. The van der Waals surface area contributed by atoms with Gasteiger partial charge in [0.1, 0.15) is 18.9 Å². The fourth-order valence-electron chi connectivity index (χ4n) is 6.75. The summed E-state index contributed by atoms with van der Waals surface area (Å²) in [6, 6.07) is 14.0. The highest BCUT2D eigenvalue weighted by molar-refractivity contribution is 5.81. The molecule has 2 N–H and O–H groups in total. The molecule has 0 spiro atoms. The molecule has 0 aliphatic heterocycles. The first-order valence-electron chi connectivity index (χ1n) is 14.1. The summed E-state index contributed by atoms with van der Waals surface area (Å²) < 4.78 is 0. The molecule has 2 aromatic carbocycles. The van der Waals surface area contributed by atoms with E-state index in [4.69, 9.17) is 0 Å².